The Morgan fingerprint density at radius 3 is 2.65 bits per heavy atom. The summed E-state index contributed by atoms with van der Waals surface area (Å²) in [6, 6.07) is 0.413. The van der Waals surface area contributed by atoms with Crippen LogP contribution < -0.4 is 5.32 Å². The molecule has 2 rings (SSSR count). The van der Waals surface area contributed by atoms with Gasteiger partial charge < -0.3 is 10.4 Å². The molecule has 0 aliphatic heterocycles. The average molecular weight is 309 g/mol. The monoisotopic (exact) mass is 308 g/mol. The molecule has 0 saturated heterocycles. The Morgan fingerprint density at radius 2 is 2.20 bits per heavy atom. The first-order valence-electron chi connectivity index (χ1n) is 5.98. The van der Waals surface area contributed by atoms with E-state index in [0.29, 0.717) is 6.20 Å². The van der Waals surface area contributed by atoms with E-state index in [9.17, 15) is 18.0 Å². The molecule has 4 nitrogen and oxygen atoms in total. The normalized spacial score (nSPS) is 16.8. The van der Waals surface area contributed by atoms with Crippen molar-refractivity contribution in [1.29, 1.82) is 0 Å². The summed E-state index contributed by atoms with van der Waals surface area (Å²) in [6.07, 6.45) is -2.17. The Bertz CT molecular complexity index is 518. The Kier molecular flexibility index (Phi) is 4.08. The maximum atomic E-state index is 12.5. The molecule has 20 heavy (non-hydrogen) atoms. The zero-order valence-corrected chi connectivity index (χ0v) is 11.0. The highest BCUT2D eigenvalue weighted by atomic mass is 35.5. The van der Waals surface area contributed by atoms with Gasteiger partial charge >= 0.3 is 12.1 Å². The Hall–Kier alpha value is -1.50. The number of rotatable bonds is 5. The number of nitrogens with one attached hydrogen (secondary N) is 1. The molecule has 1 heterocycles. The smallest absolute Gasteiger partial charge is 0.417 e. The van der Waals surface area contributed by atoms with Crippen LogP contribution in [0.15, 0.2) is 12.3 Å². The predicted molar refractivity (Wildman–Crippen MR) is 66.6 cm³/mol. The van der Waals surface area contributed by atoms with Crippen LogP contribution in [0.4, 0.5) is 19.0 Å². The second-order valence-electron chi connectivity index (χ2n) is 4.74. The molecule has 1 fully saturated rings. The summed E-state index contributed by atoms with van der Waals surface area (Å²) >= 11 is 5.77. The summed E-state index contributed by atoms with van der Waals surface area (Å²) in [5.41, 5.74) is -0.936. The van der Waals surface area contributed by atoms with Gasteiger partial charge in [-0.3, -0.25) is 4.79 Å². The van der Waals surface area contributed by atoms with E-state index < -0.39 is 17.7 Å². The molecular formula is C12H12ClF3N2O2. The average Bonchev–Trinajstić information content (AvgIpc) is 3.12. The van der Waals surface area contributed by atoms with Gasteiger partial charge in [0.05, 0.1) is 17.0 Å². The van der Waals surface area contributed by atoms with E-state index in [2.05, 4.69) is 10.3 Å². The van der Waals surface area contributed by atoms with E-state index >= 15 is 0 Å². The van der Waals surface area contributed by atoms with E-state index in [4.69, 9.17) is 16.7 Å². The van der Waals surface area contributed by atoms with Gasteiger partial charge in [0.25, 0.3) is 0 Å². The topological polar surface area (TPSA) is 62.2 Å². The number of anilines is 1. The van der Waals surface area contributed by atoms with Crippen molar-refractivity contribution in [2.45, 2.75) is 31.5 Å². The number of aliphatic carboxylic acids is 1. The molecule has 0 radical (unpaired) electrons. The van der Waals surface area contributed by atoms with Crippen LogP contribution in [0.5, 0.6) is 0 Å². The zero-order chi connectivity index (χ0) is 14.9. The summed E-state index contributed by atoms with van der Waals surface area (Å²) < 4.78 is 37.4. The van der Waals surface area contributed by atoms with Crippen molar-refractivity contribution in [1.82, 2.24) is 4.98 Å². The Labute approximate surface area is 118 Å². The minimum atomic E-state index is -4.51. The lowest BCUT2D eigenvalue weighted by Crippen LogP contribution is -2.26. The van der Waals surface area contributed by atoms with Crippen molar-refractivity contribution < 1.29 is 23.1 Å². The lowest BCUT2D eigenvalue weighted by molar-refractivity contribution is -0.138. The Balaban J connectivity index is 2.14. The number of hydrogen-bond donors (Lipinski definition) is 2. The van der Waals surface area contributed by atoms with Crippen LogP contribution >= 0.6 is 11.6 Å². The number of halogens is 4. The molecule has 0 amide bonds. The third-order valence-electron chi connectivity index (χ3n) is 3.08. The van der Waals surface area contributed by atoms with Crippen molar-refractivity contribution in [3.05, 3.63) is 22.8 Å². The summed E-state index contributed by atoms with van der Waals surface area (Å²) in [5, 5.41) is 11.5. The van der Waals surface area contributed by atoms with E-state index in [0.717, 1.165) is 18.9 Å². The predicted octanol–water partition coefficient (Wildman–Crippen LogP) is 3.42. The molecule has 0 spiro atoms. The first kappa shape index (κ1) is 14.9. The molecule has 0 aromatic carbocycles. The number of nitrogens with zero attached hydrogens (tertiary/aromatic N) is 1. The lowest BCUT2D eigenvalue weighted by atomic mass is 10.1. The molecular weight excluding hydrogens is 297 g/mol. The molecule has 1 saturated carbocycles. The van der Waals surface area contributed by atoms with Crippen LogP contribution in [0.2, 0.25) is 5.02 Å². The van der Waals surface area contributed by atoms with Gasteiger partial charge in [0.15, 0.2) is 0 Å². The molecule has 1 aliphatic carbocycles. The third-order valence-corrected chi connectivity index (χ3v) is 3.36. The van der Waals surface area contributed by atoms with E-state index in [-0.39, 0.29) is 29.2 Å². The fraction of sp³-hybridized carbons (Fsp3) is 0.500. The van der Waals surface area contributed by atoms with Crippen LogP contribution in [0.1, 0.15) is 24.8 Å². The fourth-order valence-corrected chi connectivity index (χ4v) is 2.12. The highest BCUT2D eigenvalue weighted by Crippen LogP contribution is 2.37. The largest absolute Gasteiger partial charge is 0.481 e. The highest BCUT2D eigenvalue weighted by molar-refractivity contribution is 6.33. The van der Waals surface area contributed by atoms with Crippen LogP contribution in [-0.4, -0.2) is 22.1 Å². The van der Waals surface area contributed by atoms with Crippen LogP contribution in [0.3, 0.4) is 0 Å². The van der Waals surface area contributed by atoms with E-state index in [1.165, 1.54) is 0 Å². The summed E-state index contributed by atoms with van der Waals surface area (Å²) in [7, 11) is 0. The standard InChI is InChI=1S/C12H12ClF3N2O2/c13-8-3-7(12(14,15)16)5-17-11(8)18-9(4-10(19)20)6-1-2-6/h3,5-6,9H,1-2,4H2,(H,17,18)(H,19,20). The molecule has 1 atom stereocenters. The number of carboxylic acid groups (broad SMARTS) is 1. The number of pyridine rings is 1. The second-order valence-corrected chi connectivity index (χ2v) is 5.15. The van der Waals surface area contributed by atoms with Gasteiger partial charge in [0.2, 0.25) is 0 Å². The van der Waals surface area contributed by atoms with Crippen LogP contribution in [-0.2, 0) is 11.0 Å². The third kappa shape index (κ3) is 3.75. The van der Waals surface area contributed by atoms with Gasteiger partial charge in [-0.05, 0) is 24.8 Å². The maximum absolute atomic E-state index is 12.5. The fourth-order valence-electron chi connectivity index (χ4n) is 1.90. The van der Waals surface area contributed by atoms with E-state index in [1.807, 2.05) is 0 Å². The molecule has 0 bridgehead atoms. The van der Waals surface area contributed by atoms with Gasteiger partial charge in [0.1, 0.15) is 5.82 Å². The molecule has 1 unspecified atom stereocenters. The second kappa shape index (κ2) is 5.47. The first-order chi connectivity index (χ1) is 9.27. The lowest BCUT2D eigenvalue weighted by Gasteiger charge is -2.18. The quantitative estimate of drug-likeness (QED) is 0.875. The van der Waals surface area contributed by atoms with Gasteiger partial charge in [0, 0.05) is 12.2 Å². The molecule has 1 aromatic heterocycles. The molecule has 8 heteroatoms. The number of alkyl halides is 3. The SMILES string of the molecule is O=C(O)CC(Nc1ncc(C(F)(F)F)cc1Cl)C1CC1. The summed E-state index contributed by atoms with van der Waals surface area (Å²) in [5.74, 6) is -0.693. The zero-order valence-electron chi connectivity index (χ0n) is 10.2. The van der Waals surface area contributed by atoms with Gasteiger partial charge in [-0.25, -0.2) is 4.98 Å². The summed E-state index contributed by atoms with van der Waals surface area (Å²) in [6.45, 7) is 0. The number of hydrogen-bond acceptors (Lipinski definition) is 3. The molecule has 1 aromatic rings. The van der Waals surface area contributed by atoms with Gasteiger partial charge in [-0.2, -0.15) is 13.2 Å². The van der Waals surface area contributed by atoms with Crippen molar-refractivity contribution in [2.24, 2.45) is 5.92 Å². The summed E-state index contributed by atoms with van der Waals surface area (Å²) in [4.78, 5) is 14.4. The highest BCUT2D eigenvalue weighted by Gasteiger charge is 2.34. The minimum absolute atomic E-state index is 0.0813. The number of aromatic nitrogens is 1. The number of carboxylic acids is 1. The van der Waals surface area contributed by atoms with Crippen molar-refractivity contribution in [2.75, 3.05) is 5.32 Å². The van der Waals surface area contributed by atoms with Crippen molar-refractivity contribution in [3.63, 3.8) is 0 Å². The number of carbonyl (C=O) groups is 1. The molecule has 2 N–H and O–H groups in total. The van der Waals surface area contributed by atoms with Gasteiger partial charge in [-0.1, -0.05) is 11.6 Å². The molecule has 1 aliphatic rings. The first-order valence-corrected chi connectivity index (χ1v) is 6.36. The van der Waals surface area contributed by atoms with Crippen molar-refractivity contribution >= 4 is 23.4 Å². The molecule has 110 valence electrons. The van der Waals surface area contributed by atoms with Gasteiger partial charge in [-0.15, -0.1) is 0 Å². The maximum Gasteiger partial charge on any atom is 0.417 e. The Morgan fingerprint density at radius 1 is 1.55 bits per heavy atom. The van der Waals surface area contributed by atoms with Crippen molar-refractivity contribution in [3.8, 4) is 0 Å². The van der Waals surface area contributed by atoms with E-state index in [1.54, 1.807) is 0 Å². The van der Waals surface area contributed by atoms with Crippen LogP contribution in [0, 0.1) is 5.92 Å². The van der Waals surface area contributed by atoms with Crippen LogP contribution in [0.25, 0.3) is 0 Å². The minimum Gasteiger partial charge on any atom is -0.481 e.